The van der Waals surface area contributed by atoms with E-state index in [0.717, 1.165) is 11.1 Å². The molecule has 0 bridgehead atoms. The third-order valence-electron chi connectivity index (χ3n) is 4.89. The first-order valence-electron chi connectivity index (χ1n) is 9.18. The predicted octanol–water partition coefficient (Wildman–Crippen LogP) is 3.46. The van der Waals surface area contributed by atoms with Crippen LogP contribution in [0.1, 0.15) is 11.1 Å². The minimum absolute atomic E-state index is 0.0115. The van der Waals surface area contributed by atoms with Crippen LogP contribution in [0.15, 0.2) is 72.4 Å². The van der Waals surface area contributed by atoms with Crippen LogP contribution in [0.5, 0.6) is 0 Å². The van der Waals surface area contributed by atoms with Gasteiger partial charge < -0.3 is 14.6 Å². The van der Waals surface area contributed by atoms with E-state index in [1.165, 1.54) is 25.1 Å². The van der Waals surface area contributed by atoms with E-state index in [4.69, 9.17) is 32.7 Å². The van der Waals surface area contributed by atoms with Gasteiger partial charge in [0.15, 0.2) is 0 Å². The fourth-order valence-electron chi connectivity index (χ4n) is 3.62. The molecule has 0 amide bonds. The highest BCUT2D eigenvalue weighted by molar-refractivity contribution is 6.32. The van der Waals surface area contributed by atoms with E-state index in [0.29, 0.717) is 26.7 Å². The van der Waals surface area contributed by atoms with Gasteiger partial charge in [-0.1, -0.05) is 35.3 Å². The summed E-state index contributed by atoms with van der Waals surface area (Å²) < 4.78 is 11.4. The third-order valence-corrected chi connectivity index (χ3v) is 5.36. The summed E-state index contributed by atoms with van der Waals surface area (Å²) in [6, 6.07) is 14.1. The van der Waals surface area contributed by atoms with Gasteiger partial charge in [-0.05, 0) is 69.5 Å². The van der Waals surface area contributed by atoms with Gasteiger partial charge in [0.2, 0.25) is 6.20 Å². The average Bonchev–Trinajstić information content (AvgIpc) is 3.09. The number of fused-ring (bicyclic) bond motifs is 3. The molecule has 0 saturated carbocycles. The van der Waals surface area contributed by atoms with Gasteiger partial charge >= 0.3 is 5.97 Å². The molecule has 0 unspecified atom stereocenters. The normalized spacial score (nSPS) is 12.6. The maximum absolute atomic E-state index is 13.1. The number of methoxy groups -OCH3 is 2. The predicted molar refractivity (Wildman–Crippen MR) is 115 cm³/mol. The minimum Gasteiger partial charge on any atom is -0.612 e. The first kappa shape index (κ1) is 20.9. The molecule has 0 saturated heterocycles. The van der Waals surface area contributed by atoms with Crippen molar-refractivity contribution in [2.75, 3.05) is 14.2 Å². The Labute approximate surface area is 188 Å². The number of hydrogen-bond donors (Lipinski definition) is 0. The summed E-state index contributed by atoms with van der Waals surface area (Å²) in [7, 11) is 2.48. The van der Waals surface area contributed by atoms with Crippen LogP contribution >= 0.6 is 23.2 Å². The highest BCUT2D eigenvalue weighted by atomic mass is 35.5. The Morgan fingerprint density at radius 1 is 0.935 bits per heavy atom. The number of ether oxygens (including phenoxy) is 2. The summed E-state index contributed by atoms with van der Waals surface area (Å²) in [6.07, 6.45) is 3.04. The van der Waals surface area contributed by atoms with E-state index in [-0.39, 0.29) is 11.3 Å². The second-order valence-corrected chi connectivity index (χ2v) is 7.48. The van der Waals surface area contributed by atoms with Crippen molar-refractivity contribution >= 4 is 40.4 Å². The Hall–Kier alpha value is -3.35. The highest BCUT2D eigenvalue weighted by Crippen LogP contribution is 2.48. The Morgan fingerprint density at radius 2 is 1.55 bits per heavy atom. The summed E-state index contributed by atoms with van der Waals surface area (Å²) >= 11 is 12.6. The van der Waals surface area contributed by atoms with Gasteiger partial charge in [0.05, 0.1) is 13.3 Å². The Morgan fingerprint density at radius 3 is 2.03 bits per heavy atom. The van der Waals surface area contributed by atoms with Gasteiger partial charge in [-0.25, -0.2) is 4.79 Å². The SMILES string of the molecule is COC(=O)C(=C1c2cc(Cl)ccc2-c2ccc(Cl)cc21)/C(=C(\[O-])OC)[n+]1ccccn1. The van der Waals surface area contributed by atoms with Crippen molar-refractivity contribution in [3.8, 4) is 11.1 Å². The van der Waals surface area contributed by atoms with Crippen LogP contribution in [0.25, 0.3) is 22.4 Å². The van der Waals surface area contributed by atoms with Crippen molar-refractivity contribution in [1.82, 2.24) is 5.10 Å². The molecule has 31 heavy (non-hydrogen) atoms. The van der Waals surface area contributed by atoms with E-state index in [1.54, 1.807) is 42.6 Å². The zero-order valence-corrected chi connectivity index (χ0v) is 18.1. The lowest BCUT2D eigenvalue weighted by Gasteiger charge is -2.15. The topological polar surface area (TPSA) is 75.4 Å². The van der Waals surface area contributed by atoms with E-state index in [1.807, 2.05) is 12.1 Å². The maximum Gasteiger partial charge on any atom is 0.345 e. The number of benzene rings is 2. The second-order valence-electron chi connectivity index (χ2n) is 6.60. The molecule has 2 aromatic carbocycles. The Kier molecular flexibility index (Phi) is 5.67. The van der Waals surface area contributed by atoms with Crippen LogP contribution in [0.3, 0.4) is 0 Å². The number of rotatable bonds is 4. The molecule has 1 aromatic heterocycles. The molecule has 0 N–H and O–H groups in total. The van der Waals surface area contributed by atoms with Gasteiger partial charge in [-0.15, -0.1) is 0 Å². The number of nitrogens with zero attached hydrogens (tertiary/aromatic N) is 2. The fourth-order valence-corrected chi connectivity index (χ4v) is 3.96. The molecule has 156 valence electrons. The third kappa shape index (κ3) is 3.65. The summed E-state index contributed by atoms with van der Waals surface area (Å²) in [5.41, 5.74) is 3.39. The van der Waals surface area contributed by atoms with Crippen LogP contribution in [0.4, 0.5) is 0 Å². The number of halogens is 2. The number of esters is 1. The van der Waals surface area contributed by atoms with Gasteiger partial charge in [0.1, 0.15) is 11.5 Å². The van der Waals surface area contributed by atoms with Gasteiger partial charge in [0.25, 0.3) is 5.70 Å². The Bertz CT molecular complexity index is 1200. The van der Waals surface area contributed by atoms with E-state index >= 15 is 0 Å². The molecule has 0 radical (unpaired) electrons. The summed E-state index contributed by atoms with van der Waals surface area (Å²) in [4.78, 5) is 13.1. The fraction of sp³-hybridized carbons (Fsp3) is 0.0870. The first-order chi connectivity index (χ1) is 15.0. The minimum atomic E-state index is -0.754. The van der Waals surface area contributed by atoms with Crippen LogP contribution in [0, 0.1) is 0 Å². The highest BCUT2D eigenvalue weighted by Gasteiger charge is 2.36. The smallest absolute Gasteiger partial charge is 0.345 e. The molecule has 8 heteroatoms. The summed E-state index contributed by atoms with van der Waals surface area (Å²) in [5, 5.41) is 18.0. The molecule has 1 heterocycles. The molecule has 3 aromatic rings. The lowest BCUT2D eigenvalue weighted by Crippen LogP contribution is -2.41. The molecule has 1 aliphatic rings. The van der Waals surface area contributed by atoms with Crippen molar-refractivity contribution < 1.29 is 24.1 Å². The number of hydrogen-bond acceptors (Lipinski definition) is 5. The van der Waals surface area contributed by atoms with Crippen LogP contribution < -0.4 is 9.79 Å². The number of carbonyl (C=O) groups is 1. The molecule has 0 atom stereocenters. The van der Waals surface area contributed by atoms with Gasteiger partial charge in [0, 0.05) is 21.7 Å². The monoisotopic (exact) mass is 454 g/mol. The lowest BCUT2D eigenvalue weighted by atomic mass is 9.95. The zero-order chi connectivity index (χ0) is 22.1. The number of aromatic nitrogens is 2. The van der Waals surface area contributed by atoms with Crippen LogP contribution in [-0.2, 0) is 14.3 Å². The summed E-state index contributed by atoms with van der Waals surface area (Å²) in [5.74, 6) is -1.48. The average molecular weight is 455 g/mol. The van der Waals surface area contributed by atoms with Crippen molar-refractivity contribution in [2.24, 2.45) is 0 Å². The molecule has 4 rings (SSSR count). The molecular formula is C23H16Cl2N2O4. The van der Waals surface area contributed by atoms with E-state index < -0.39 is 11.9 Å². The van der Waals surface area contributed by atoms with Crippen LogP contribution in [0.2, 0.25) is 10.0 Å². The van der Waals surface area contributed by atoms with Crippen molar-refractivity contribution in [3.63, 3.8) is 0 Å². The second kappa shape index (κ2) is 8.41. The van der Waals surface area contributed by atoms with Gasteiger partial charge in [-0.2, -0.15) is 0 Å². The standard InChI is InChI=1S/C23H16Cl2N2O4/c1-30-22(28)20(21(23(29)31-2)27-10-4-3-9-26-27)19-17-11-13(24)5-7-15(17)16-8-6-14(25)12-18(16)19/h3-12H,1-2H3. The number of carbonyl (C=O) groups excluding carboxylic acids is 1. The molecule has 0 fully saturated rings. The van der Waals surface area contributed by atoms with Crippen molar-refractivity contribution in [2.45, 2.75) is 0 Å². The zero-order valence-electron chi connectivity index (χ0n) is 16.6. The van der Waals surface area contributed by atoms with E-state index in [9.17, 15) is 9.90 Å². The molecule has 0 spiro atoms. The van der Waals surface area contributed by atoms with Gasteiger partial charge in [-0.3, -0.25) is 0 Å². The van der Waals surface area contributed by atoms with Crippen molar-refractivity contribution in [3.05, 3.63) is 93.6 Å². The van der Waals surface area contributed by atoms with Crippen LogP contribution in [-0.4, -0.2) is 25.3 Å². The van der Waals surface area contributed by atoms with Crippen molar-refractivity contribution in [1.29, 1.82) is 0 Å². The quantitative estimate of drug-likeness (QED) is 0.204. The molecule has 1 aliphatic carbocycles. The molecule has 0 aliphatic heterocycles. The molecular weight excluding hydrogens is 439 g/mol. The largest absolute Gasteiger partial charge is 0.612 e. The Balaban J connectivity index is 2.18. The van der Waals surface area contributed by atoms with E-state index in [2.05, 4.69) is 5.10 Å². The first-order valence-corrected chi connectivity index (χ1v) is 9.93. The maximum atomic E-state index is 13.1. The lowest BCUT2D eigenvalue weighted by molar-refractivity contribution is -0.649. The summed E-state index contributed by atoms with van der Waals surface area (Å²) in [6.45, 7) is 0. The molecule has 6 nitrogen and oxygen atoms in total.